The summed E-state index contributed by atoms with van der Waals surface area (Å²) >= 11 is 0. The van der Waals surface area contributed by atoms with Gasteiger partial charge in [0.05, 0.1) is 23.8 Å². The van der Waals surface area contributed by atoms with Crippen LogP contribution in [0, 0.1) is 5.92 Å². The lowest BCUT2D eigenvalue weighted by Gasteiger charge is -2.29. The Balaban J connectivity index is 1.58. The summed E-state index contributed by atoms with van der Waals surface area (Å²) < 4.78 is 5.24. The van der Waals surface area contributed by atoms with Gasteiger partial charge in [-0.05, 0) is 31.7 Å². The van der Waals surface area contributed by atoms with Gasteiger partial charge in [0.15, 0.2) is 5.78 Å². The molecular formula is C23H22N2O6. The van der Waals surface area contributed by atoms with Gasteiger partial charge in [-0.2, -0.15) is 0 Å². The summed E-state index contributed by atoms with van der Waals surface area (Å²) in [7, 11) is 1.40. The molecule has 0 spiro atoms. The Hall–Kier alpha value is -3.39. The Kier molecular flexibility index (Phi) is 4.30. The molecule has 2 aromatic carbocycles. The molecule has 0 aliphatic heterocycles. The molecule has 1 saturated carbocycles. The molecule has 31 heavy (non-hydrogen) atoms. The minimum absolute atomic E-state index is 0.0230. The number of carbonyl (C=O) groups excluding carboxylic acids is 3. The van der Waals surface area contributed by atoms with Crippen molar-refractivity contribution in [3.63, 3.8) is 0 Å². The van der Waals surface area contributed by atoms with Crippen molar-refractivity contribution in [2.45, 2.75) is 37.8 Å². The second kappa shape index (κ2) is 6.81. The maximum absolute atomic E-state index is 13.2. The molecule has 0 radical (unpaired) electrons. The predicted octanol–water partition coefficient (Wildman–Crippen LogP) is 1.20. The summed E-state index contributed by atoms with van der Waals surface area (Å²) in [4.78, 5) is 39.1. The zero-order chi connectivity index (χ0) is 22.0. The van der Waals surface area contributed by atoms with Crippen LogP contribution in [0.5, 0.6) is 17.2 Å². The lowest BCUT2D eigenvalue weighted by atomic mass is 9.75. The standard InChI is InChI=1S/C23H22N2O6/c1-31-15-4-2-3-11-16(15)22(29)18-17(20(11)27)21(28)12-7-9(5-6-10(12)19(18)26)23(30)25-14-8-13(14)24/h2-4,9,13-14,26,28H,5-8,24H2,1H3,(H,25,30). The van der Waals surface area contributed by atoms with E-state index in [-0.39, 0.29) is 63.9 Å². The first-order valence-corrected chi connectivity index (χ1v) is 10.3. The molecule has 8 nitrogen and oxygen atoms in total. The first-order valence-electron chi connectivity index (χ1n) is 10.3. The van der Waals surface area contributed by atoms with Gasteiger partial charge >= 0.3 is 0 Å². The number of methoxy groups -OCH3 is 1. The number of carbonyl (C=O) groups is 3. The summed E-state index contributed by atoms with van der Waals surface area (Å²) in [6.45, 7) is 0. The largest absolute Gasteiger partial charge is 0.507 e. The SMILES string of the molecule is COc1cccc2c1C(=O)c1c(O)c3c(c(O)c1C2=O)CC(C(=O)NC1CC1N)CC3. The van der Waals surface area contributed by atoms with E-state index in [1.807, 2.05) is 0 Å². The summed E-state index contributed by atoms with van der Waals surface area (Å²) in [5.74, 6) is -2.11. The van der Waals surface area contributed by atoms with Crippen molar-refractivity contribution in [1.29, 1.82) is 0 Å². The van der Waals surface area contributed by atoms with E-state index in [0.29, 0.717) is 24.0 Å². The van der Waals surface area contributed by atoms with Gasteiger partial charge in [0.2, 0.25) is 11.7 Å². The van der Waals surface area contributed by atoms with Gasteiger partial charge in [-0.1, -0.05) is 12.1 Å². The molecule has 0 saturated heterocycles. The van der Waals surface area contributed by atoms with Crippen LogP contribution in [0.4, 0.5) is 0 Å². The van der Waals surface area contributed by atoms with Gasteiger partial charge in [-0.25, -0.2) is 0 Å². The average Bonchev–Trinajstić information content (AvgIpc) is 3.47. The van der Waals surface area contributed by atoms with Crippen molar-refractivity contribution in [3.05, 3.63) is 51.6 Å². The van der Waals surface area contributed by atoms with Crippen LogP contribution in [0.3, 0.4) is 0 Å². The molecule has 3 atom stereocenters. The smallest absolute Gasteiger partial charge is 0.223 e. The predicted molar refractivity (Wildman–Crippen MR) is 110 cm³/mol. The fourth-order valence-corrected chi connectivity index (χ4v) is 4.71. The summed E-state index contributed by atoms with van der Waals surface area (Å²) in [5, 5.41) is 24.9. The molecule has 1 amide bonds. The number of ketones is 2. The zero-order valence-corrected chi connectivity index (χ0v) is 16.9. The Morgan fingerprint density at radius 3 is 2.45 bits per heavy atom. The molecule has 1 fully saturated rings. The molecule has 160 valence electrons. The number of hydrogen-bond acceptors (Lipinski definition) is 7. The lowest BCUT2D eigenvalue weighted by Crippen LogP contribution is -2.37. The number of hydrogen-bond donors (Lipinski definition) is 4. The van der Waals surface area contributed by atoms with E-state index in [4.69, 9.17) is 10.5 Å². The Morgan fingerprint density at radius 1 is 1.10 bits per heavy atom. The molecule has 3 unspecified atom stereocenters. The number of phenolic OH excluding ortho intramolecular Hbond substituents is 2. The van der Waals surface area contributed by atoms with Crippen LogP contribution in [-0.4, -0.2) is 46.9 Å². The number of phenols is 2. The quantitative estimate of drug-likeness (QED) is 0.465. The second-order valence-corrected chi connectivity index (χ2v) is 8.40. The van der Waals surface area contributed by atoms with Crippen LogP contribution in [0.15, 0.2) is 18.2 Å². The first kappa shape index (κ1) is 19.6. The summed E-state index contributed by atoms with van der Waals surface area (Å²) in [6.07, 6.45) is 1.67. The first-order chi connectivity index (χ1) is 14.8. The van der Waals surface area contributed by atoms with Crippen molar-refractivity contribution in [2.75, 3.05) is 7.11 Å². The van der Waals surface area contributed by atoms with Crippen molar-refractivity contribution in [1.82, 2.24) is 5.32 Å². The van der Waals surface area contributed by atoms with E-state index in [9.17, 15) is 24.6 Å². The molecule has 3 aliphatic rings. The molecule has 0 bridgehead atoms. The van der Waals surface area contributed by atoms with Gasteiger partial charge in [-0.3, -0.25) is 14.4 Å². The number of ether oxygens (including phenoxy) is 1. The number of aromatic hydroxyl groups is 2. The number of fused-ring (bicyclic) bond motifs is 3. The van der Waals surface area contributed by atoms with Gasteiger partial charge in [0, 0.05) is 34.7 Å². The highest BCUT2D eigenvalue weighted by molar-refractivity contribution is 6.31. The Morgan fingerprint density at radius 2 is 1.77 bits per heavy atom. The molecule has 2 aromatic rings. The molecule has 0 heterocycles. The Bertz CT molecular complexity index is 1170. The van der Waals surface area contributed by atoms with Gasteiger partial charge in [0.25, 0.3) is 0 Å². The average molecular weight is 422 g/mol. The van der Waals surface area contributed by atoms with Crippen LogP contribution >= 0.6 is 0 Å². The third-order valence-corrected chi connectivity index (χ3v) is 6.56. The third-order valence-electron chi connectivity index (χ3n) is 6.56. The van der Waals surface area contributed by atoms with E-state index in [2.05, 4.69) is 5.32 Å². The maximum Gasteiger partial charge on any atom is 0.223 e. The van der Waals surface area contributed by atoms with Crippen molar-refractivity contribution in [3.8, 4) is 17.2 Å². The van der Waals surface area contributed by atoms with Crippen molar-refractivity contribution in [2.24, 2.45) is 11.7 Å². The molecule has 8 heteroatoms. The van der Waals surface area contributed by atoms with Gasteiger partial charge in [0.1, 0.15) is 17.2 Å². The molecule has 5 N–H and O–H groups in total. The van der Waals surface area contributed by atoms with E-state index in [1.165, 1.54) is 13.2 Å². The van der Waals surface area contributed by atoms with Crippen LogP contribution in [0.25, 0.3) is 0 Å². The highest BCUT2D eigenvalue weighted by Crippen LogP contribution is 2.47. The minimum atomic E-state index is -0.569. The van der Waals surface area contributed by atoms with Crippen LogP contribution in [-0.2, 0) is 17.6 Å². The minimum Gasteiger partial charge on any atom is -0.507 e. The maximum atomic E-state index is 13.2. The second-order valence-electron chi connectivity index (χ2n) is 8.40. The molecular weight excluding hydrogens is 400 g/mol. The molecule has 0 aromatic heterocycles. The number of nitrogens with two attached hydrogens (primary N) is 1. The van der Waals surface area contributed by atoms with Crippen LogP contribution < -0.4 is 15.8 Å². The van der Waals surface area contributed by atoms with Gasteiger partial charge < -0.3 is 26.0 Å². The number of rotatable bonds is 3. The number of benzene rings is 2. The lowest BCUT2D eigenvalue weighted by molar-refractivity contribution is -0.125. The van der Waals surface area contributed by atoms with Gasteiger partial charge in [-0.15, -0.1) is 0 Å². The van der Waals surface area contributed by atoms with E-state index in [1.54, 1.807) is 12.1 Å². The summed E-state index contributed by atoms with van der Waals surface area (Å²) in [5.41, 5.74) is 6.28. The fraction of sp³-hybridized carbons (Fsp3) is 0.348. The highest BCUT2D eigenvalue weighted by atomic mass is 16.5. The third kappa shape index (κ3) is 2.82. The summed E-state index contributed by atoms with van der Waals surface area (Å²) in [6, 6.07) is 4.60. The highest BCUT2D eigenvalue weighted by Gasteiger charge is 2.42. The monoisotopic (exact) mass is 422 g/mol. The Labute approximate surface area is 178 Å². The van der Waals surface area contributed by atoms with E-state index >= 15 is 0 Å². The molecule has 3 aliphatic carbocycles. The molecule has 5 rings (SSSR count). The number of amides is 1. The fourth-order valence-electron chi connectivity index (χ4n) is 4.71. The van der Waals surface area contributed by atoms with Crippen LogP contribution in [0.1, 0.15) is 55.8 Å². The zero-order valence-electron chi connectivity index (χ0n) is 16.9. The van der Waals surface area contributed by atoms with E-state index < -0.39 is 17.5 Å². The van der Waals surface area contributed by atoms with E-state index in [0.717, 1.165) is 6.42 Å². The normalized spacial score (nSPS) is 23.5. The topological polar surface area (TPSA) is 139 Å². The number of nitrogens with one attached hydrogen (secondary N) is 1. The van der Waals surface area contributed by atoms with Crippen molar-refractivity contribution >= 4 is 17.5 Å². The van der Waals surface area contributed by atoms with Crippen LogP contribution in [0.2, 0.25) is 0 Å². The van der Waals surface area contributed by atoms with Crippen molar-refractivity contribution < 1.29 is 29.3 Å².